The van der Waals surface area contributed by atoms with E-state index in [9.17, 15) is 19.2 Å². The second kappa shape index (κ2) is 6.65. The van der Waals surface area contributed by atoms with Crippen LogP contribution in [0.2, 0.25) is 10.0 Å². The number of ether oxygens (including phenoxy) is 1. The minimum Gasteiger partial charge on any atom is -0.451 e. The lowest BCUT2D eigenvalue weighted by Crippen LogP contribution is -2.41. The zero-order chi connectivity index (χ0) is 18.3. The van der Waals surface area contributed by atoms with Gasteiger partial charge >= 0.3 is 5.97 Å². The Morgan fingerprint density at radius 1 is 1.20 bits per heavy atom. The number of esters is 1. The number of imide groups is 1. The summed E-state index contributed by atoms with van der Waals surface area (Å²) in [7, 11) is 0. The van der Waals surface area contributed by atoms with Crippen molar-refractivity contribution < 1.29 is 23.9 Å². The summed E-state index contributed by atoms with van der Waals surface area (Å²) in [4.78, 5) is 49.1. The fourth-order valence-corrected chi connectivity index (χ4v) is 2.72. The maximum absolute atomic E-state index is 12.3. The number of rotatable bonds is 5. The molecule has 2 aliphatic rings. The summed E-state index contributed by atoms with van der Waals surface area (Å²) in [5, 5.41) is 2.97. The van der Waals surface area contributed by atoms with Crippen LogP contribution >= 0.6 is 23.2 Å². The first-order valence-corrected chi connectivity index (χ1v) is 8.38. The summed E-state index contributed by atoms with van der Waals surface area (Å²) in [5.41, 5.74) is 0.151. The molecule has 0 spiro atoms. The van der Waals surface area contributed by atoms with Gasteiger partial charge in [-0.3, -0.25) is 24.1 Å². The maximum atomic E-state index is 12.3. The van der Waals surface area contributed by atoms with Gasteiger partial charge in [0.15, 0.2) is 6.10 Å². The molecule has 1 saturated carbocycles. The first-order valence-electron chi connectivity index (χ1n) is 7.63. The molecule has 1 aromatic rings. The smallest absolute Gasteiger partial charge is 0.326 e. The van der Waals surface area contributed by atoms with Crippen LogP contribution in [-0.4, -0.2) is 47.3 Å². The number of amides is 3. The molecule has 1 heterocycles. The first kappa shape index (κ1) is 17.7. The minimum atomic E-state index is -1.01. The molecule has 1 aliphatic heterocycles. The van der Waals surface area contributed by atoms with E-state index in [0.717, 1.165) is 17.7 Å². The van der Waals surface area contributed by atoms with Gasteiger partial charge in [0.1, 0.15) is 6.54 Å². The Bertz CT molecular complexity index is 750. The average molecular weight is 385 g/mol. The molecular weight excluding hydrogens is 371 g/mol. The Kier molecular flexibility index (Phi) is 4.71. The monoisotopic (exact) mass is 384 g/mol. The highest BCUT2D eigenvalue weighted by atomic mass is 35.5. The zero-order valence-electron chi connectivity index (χ0n) is 13.2. The molecule has 0 radical (unpaired) electrons. The highest BCUT2D eigenvalue weighted by Gasteiger charge is 2.38. The second-order valence-corrected chi connectivity index (χ2v) is 6.74. The first-order chi connectivity index (χ1) is 11.8. The van der Waals surface area contributed by atoms with E-state index < -0.39 is 36.3 Å². The standard InChI is InChI=1S/C16H14Cl2N2O5/c1-7(14(22)19-8-2-3-8)25-13(21)6-20-15(23)9-4-11(17)12(18)5-10(9)16(20)24/h4-5,7-8H,2-3,6H2,1H3,(H,19,22)/t7-/m1/s1. The summed E-state index contributed by atoms with van der Waals surface area (Å²) in [6.07, 6.45) is 0.811. The van der Waals surface area contributed by atoms with Crippen molar-refractivity contribution in [2.45, 2.75) is 31.9 Å². The molecule has 1 atom stereocenters. The highest BCUT2D eigenvalue weighted by Crippen LogP contribution is 2.31. The van der Waals surface area contributed by atoms with Crippen LogP contribution < -0.4 is 5.32 Å². The second-order valence-electron chi connectivity index (χ2n) is 5.92. The van der Waals surface area contributed by atoms with Crippen LogP contribution in [0, 0.1) is 0 Å². The van der Waals surface area contributed by atoms with Crippen molar-refractivity contribution in [3.63, 3.8) is 0 Å². The molecule has 1 N–H and O–H groups in total. The molecule has 3 rings (SSSR count). The molecule has 1 aliphatic carbocycles. The fourth-order valence-electron chi connectivity index (χ4n) is 2.39. The summed E-state index contributed by atoms with van der Waals surface area (Å²) < 4.78 is 5.00. The molecule has 0 unspecified atom stereocenters. The number of hydrogen-bond acceptors (Lipinski definition) is 5. The van der Waals surface area contributed by atoms with Crippen LogP contribution in [0.4, 0.5) is 0 Å². The number of halogens is 2. The normalized spacial score (nSPS) is 17.3. The van der Waals surface area contributed by atoms with Crippen molar-refractivity contribution in [2.75, 3.05) is 6.54 Å². The van der Waals surface area contributed by atoms with Gasteiger partial charge in [-0.1, -0.05) is 23.2 Å². The van der Waals surface area contributed by atoms with Crippen molar-refractivity contribution in [3.05, 3.63) is 33.3 Å². The summed E-state index contributed by atoms with van der Waals surface area (Å²) in [6.45, 7) is 0.833. The van der Waals surface area contributed by atoms with Gasteiger partial charge in [-0.25, -0.2) is 0 Å². The van der Waals surface area contributed by atoms with E-state index in [0.29, 0.717) is 0 Å². The van der Waals surface area contributed by atoms with Crippen molar-refractivity contribution >= 4 is 46.9 Å². The van der Waals surface area contributed by atoms with Crippen LogP contribution in [0.25, 0.3) is 0 Å². The number of hydrogen-bond donors (Lipinski definition) is 1. The third-order valence-corrected chi connectivity index (χ3v) is 4.62. The van der Waals surface area contributed by atoms with E-state index in [1.165, 1.54) is 19.1 Å². The number of nitrogens with one attached hydrogen (secondary N) is 1. The van der Waals surface area contributed by atoms with E-state index >= 15 is 0 Å². The molecule has 1 aromatic carbocycles. The van der Waals surface area contributed by atoms with Crippen molar-refractivity contribution in [3.8, 4) is 0 Å². The van der Waals surface area contributed by atoms with Gasteiger partial charge in [-0.05, 0) is 31.9 Å². The average Bonchev–Trinajstić information content (AvgIpc) is 3.33. The molecule has 0 saturated heterocycles. The van der Waals surface area contributed by atoms with E-state index in [1.54, 1.807) is 0 Å². The van der Waals surface area contributed by atoms with E-state index in [-0.39, 0.29) is 27.2 Å². The van der Waals surface area contributed by atoms with Crippen molar-refractivity contribution in [1.82, 2.24) is 10.2 Å². The van der Waals surface area contributed by atoms with E-state index in [4.69, 9.17) is 27.9 Å². The largest absolute Gasteiger partial charge is 0.451 e. The van der Waals surface area contributed by atoms with Gasteiger partial charge in [0.25, 0.3) is 17.7 Å². The Labute approximate surface area is 153 Å². The van der Waals surface area contributed by atoms with Gasteiger partial charge in [-0.15, -0.1) is 0 Å². The van der Waals surface area contributed by atoms with Crippen LogP contribution in [0.3, 0.4) is 0 Å². The third-order valence-electron chi connectivity index (χ3n) is 3.90. The lowest BCUT2D eigenvalue weighted by molar-refractivity contribution is -0.155. The topological polar surface area (TPSA) is 92.8 Å². The van der Waals surface area contributed by atoms with Gasteiger partial charge in [0.05, 0.1) is 21.2 Å². The Hall–Kier alpha value is -2.12. The van der Waals surface area contributed by atoms with Crippen LogP contribution in [0.1, 0.15) is 40.5 Å². The molecule has 1 fully saturated rings. The Morgan fingerprint density at radius 2 is 1.72 bits per heavy atom. The minimum absolute atomic E-state index is 0.0757. The molecule has 9 heteroatoms. The number of carbonyl (C=O) groups is 4. The predicted molar refractivity (Wildman–Crippen MR) is 88.5 cm³/mol. The quantitative estimate of drug-likeness (QED) is 0.617. The molecule has 7 nitrogen and oxygen atoms in total. The zero-order valence-corrected chi connectivity index (χ0v) is 14.7. The summed E-state index contributed by atoms with van der Waals surface area (Å²) >= 11 is 11.7. The van der Waals surface area contributed by atoms with Gasteiger partial charge in [0.2, 0.25) is 0 Å². The number of fused-ring (bicyclic) bond motifs is 1. The number of carbonyl (C=O) groups excluding carboxylic acids is 4. The van der Waals surface area contributed by atoms with Gasteiger partial charge < -0.3 is 10.1 Å². The molecule has 0 aromatic heterocycles. The lowest BCUT2D eigenvalue weighted by atomic mass is 10.1. The molecule has 25 heavy (non-hydrogen) atoms. The van der Waals surface area contributed by atoms with Gasteiger partial charge in [0, 0.05) is 6.04 Å². The Morgan fingerprint density at radius 3 is 2.20 bits per heavy atom. The number of nitrogens with zero attached hydrogens (tertiary/aromatic N) is 1. The van der Waals surface area contributed by atoms with E-state index in [2.05, 4.69) is 5.32 Å². The van der Waals surface area contributed by atoms with Crippen LogP contribution in [0.5, 0.6) is 0 Å². The van der Waals surface area contributed by atoms with Crippen LogP contribution in [-0.2, 0) is 14.3 Å². The van der Waals surface area contributed by atoms with Gasteiger partial charge in [-0.2, -0.15) is 0 Å². The predicted octanol–water partition coefficient (Wildman–Crippen LogP) is 1.80. The molecule has 0 bridgehead atoms. The third kappa shape index (κ3) is 3.62. The van der Waals surface area contributed by atoms with Crippen molar-refractivity contribution in [1.29, 1.82) is 0 Å². The summed E-state index contributed by atoms with van der Waals surface area (Å²) in [5.74, 6) is -2.59. The van der Waals surface area contributed by atoms with E-state index in [1.807, 2.05) is 0 Å². The SMILES string of the molecule is C[C@@H](OC(=O)CN1C(=O)c2cc(Cl)c(Cl)cc2C1=O)C(=O)NC1CC1. The molecule has 3 amide bonds. The molecule has 132 valence electrons. The molecular formula is C16H14Cl2N2O5. The van der Waals surface area contributed by atoms with Crippen molar-refractivity contribution in [2.24, 2.45) is 0 Å². The number of benzene rings is 1. The summed E-state index contributed by atoms with van der Waals surface area (Å²) in [6, 6.07) is 2.71. The lowest BCUT2D eigenvalue weighted by Gasteiger charge is -2.16. The Balaban J connectivity index is 1.64. The fraction of sp³-hybridized carbons (Fsp3) is 0.375. The highest BCUT2D eigenvalue weighted by molar-refractivity contribution is 6.43. The maximum Gasteiger partial charge on any atom is 0.326 e. The van der Waals surface area contributed by atoms with Crippen LogP contribution in [0.15, 0.2) is 12.1 Å².